The zero-order valence-electron chi connectivity index (χ0n) is 23.0. The molecule has 5 aromatic rings. The van der Waals surface area contributed by atoms with Crippen LogP contribution in [0.5, 0.6) is 11.5 Å². The maximum absolute atomic E-state index is 13.5. The van der Waals surface area contributed by atoms with Crippen molar-refractivity contribution >= 4 is 40.2 Å². The van der Waals surface area contributed by atoms with Crippen molar-refractivity contribution in [2.75, 3.05) is 13.2 Å². The van der Waals surface area contributed by atoms with Crippen LogP contribution in [0.1, 0.15) is 48.5 Å². The second-order valence-electron chi connectivity index (χ2n) is 10.4. The fraction of sp³-hybridized carbons (Fsp3) is 0.281. The number of aryl methyl sites for hydroxylation is 1. The van der Waals surface area contributed by atoms with E-state index in [0.717, 1.165) is 65.7 Å². The summed E-state index contributed by atoms with van der Waals surface area (Å²) in [6, 6.07) is 20.2. The van der Waals surface area contributed by atoms with Crippen LogP contribution in [0, 0.1) is 0 Å². The number of nitrogens with zero attached hydrogens (tertiary/aromatic N) is 4. The van der Waals surface area contributed by atoms with Crippen molar-refractivity contribution in [3.8, 4) is 11.5 Å². The highest BCUT2D eigenvalue weighted by Gasteiger charge is 2.35. The number of H-pyrrole nitrogens is 1. The minimum absolute atomic E-state index is 0.362. The summed E-state index contributed by atoms with van der Waals surface area (Å²) in [5.41, 5.74) is 4.08. The lowest BCUT2D eigenvalue weighted by atomic mass is 9.92. The standard InChI is InChI=1S/C32H31Cl2N5O3/c33-23-7-12-26(13-8-23)42-32(40)39-17-15-27-28-19-24(34)9-14-29(28)37-30(27)31(39)22-5-10-25(11-6-22)41-18-4-2-1-3-16-38-21-35-20-36-38/h5-14,19-21,31,37H,1-4,15-18H2. The van der Waals surface area contributed by atoms with Gasteiger partial charge in [-0.3, -0.25) is 9.58 Å². The first kappa shape index (κ1) is 28.1. The van der Waals surface area contributed by atoms with Gasteiger partial charge in [0.25, 0.3) is 0 Å². The molecular weight excluding hydrogens is 573 g/mol. The van der Waals surface area contributed by atoms with E-state index in [-0.39, 0.29) is 6.04 Å². The molecule has 1 aliphatic rings. The van der Waals surface area contributed by atoms with Crippen molar-refractivity contribution in [1.29, 1.82) is 0 Å². The average molecular weight is 605 g/mol. The molecule has 1 N–H and O–H groups in total. The summed E-state index contributed by atoms with van der Waals surface area (Å²) in [5, 5.41) is 6.48. The molecule has 42 heavy (non-hydrogen) atoms. The molecule has 1 amide bonds. The minimum atomic E-state index is -0.422. The normalized spacial score (nSPS) is 14.6. The molecule has 0 spiro atoms. The third-order valence-electron chi connectivity index (χ3n) is 7.56. The lowest BCUT2D eigenvalue weighted by Gasteiger charge is -2.35. The number of nitrogens with one attached hydrogen (secondary N) is 1. The van der Waals surface area contributed by atoms with Crippen LogP contribution in [0.4, 0.5) is 4.79 Å². The first-order valence-corrected chi connectivity index (χ1v) is 14.9. The van der Waals surface area contributed by atoms with Gasteiger partial charge in [-0.2, -0.15) is 5.10 Å². The van der Waals surface area contributed by atoms with Gasteiger partial charge in [0.2, 0.25) is 0 Å². The summed E-state index contributed by atoms with van der Waals surface area (Å²) in [7, 11) is 0. The Kier molecular flexibility index (Phi) is 8.63. The van der Waals surface area contributed by atoms with Crippen molar-refractivity contribution in [3.05, 3.63) is 106 Å². The number of halogens is 2. The van der Waals surface area contributed by atoms with Crippen LogP contribution < -0.4 is 9.47 Å². The maximum atomic E-state index is 13.5. The first-order chi connectivity index (χ1) is 20.5. The molecule has 0 fully saturated rings. The zero-order chi connectivity index (χ0) is 28.9. The number of hydrogen-bond donors (Lipinski definition) is 1. The van der Waals surface area contributed by atoms with Gasteiger partial charge in [0, 0.05) is 39.7 Å². The number of benzene rings is 3. The Morgan fingerprint density at radius 2 is 1.69 bits per heavy atom. The number of carbonyl (C=O) groups is 1. The van der Waals surface area contributed by atoms with Gasteiger partial charge >= 0.3 is 6.09 Å². The van der Waals surface area contributed by atoms with E-state index >= 15 is 0 Å². The summed E-state index contributed by atoms with van der Waals surface area (Å²) in [6.07, 6.45) is 7.82. The number of fused-ring (bicyclic) bond motifs is 3. The quantitative estimate of drug-likeness (QED) is 0.164. The molecule has 1 unspecified atom stereocenters. The van der Waals surface area contributed by atoms with E-state index in [1.807, 2.05) is 47.1 Å². The second kappa shape index (κ2) is 12.9. The van der Waals surface area contributed by atoms with E-state index in [1.54, 1.807) is 41.8 Å². The number of rotatable bonds is 10. The molecule has 0 bridgehead atoms. The molecule has 2 aromatic heterocycles. The Morgan fingerprint density at radius 1 is 0.929 bits per heavy atom. The summed E-state index contributed by atoms with van der Waals surface area (Å²) in [6.45, 7) is 2.04. The van der Waals surface area contributed by atoms with Gasteiger partial charge in [0.1, 0.15) is 30.2 Å². The summed E-state index contributed by atoms with van der Waals surface area (Å²) >= 11 is 12.4. The molecule has 3 heterocycles. The van der Waals surface area contributed by atoms with Crippen LogP contribution in [0.3, 0.4) is 0 Å². The Morgan fingerprint density at radius 3 is 2.48 bits per heavy atom. The van der Waals surface area contributed by atoms with Crippen LogP contribution >= 0.6 is 23.2 Å². The SMILES string of the molecule is O=C(Oc1ccc(Cl)cc1)N1CCc2c([nH]c3ccc(Cl)cc23)C1c1ccc(OCCCCCCn2cncn2)cc1. The van der Waals surface area contributed by atoms with Gasteiger partial charge in [-0.15, -0.1) is 0 Å². The number of hydrogen-bond acceptors (Lipinski definition) is 5. The Bertz CT molecular complexity index is 1640. The number of unbranched alkanes of at least 4 members (excludes halogenated alkanes) is 3. The van der Waals surface area contributed by atoms with Crippen molar-refractivity contribution in [1.82, 2.24) is 24.6 Å². The van der Waals surface area contributed by atoms with Gasteiger partial charge < -0.3 is 14.5 Å². The van der Waals surface area contributed by atoms with Crippen molar-refractivity contribution in [2.45, 2.75) is 44.7 Å². The smallest absolute Gasteiger partial charge is 0.416 e. The van der Waals surface area contributed by atoms with Crippen molar-refractivity contribution in [2.24, 2.45) is 0 Å². The molecule has 1 atom stereocenters. The molecule has 1 aliphatic heterocycles. The molecule has 10 heteroatoms. The molecule has 216 valence electrons. The number of ether oxygens (including phenoxy) is 2. The van der Waals surface area contributed by atoms with Crippen molar-refractivity contribution in [3.63, 3.8) is 0 Å². The van der Waals surface area contributed by atoms with Gasteiger partial charge in [-0.05, 0) is 91.4 Å². The molecule has 0 saturated carbocycles. The van der Waals surface area contributed by atoms with Gasteiger partial charge in [0.05, 0.1) is 6.61 Å². The van der Waals surface area contributed by atoms with E-state index in [0.29, 0.717) is 35.4 Å². The number of amides is 1. The van der Waals surface area contributed by atoms with Gasteiger partial charge in [-0.25, -0.2) is 9.78 Å². The zero-order valence-corrected chi connectivity index (χ0v) is 24.5. The van der Waals surface area contributed by atoms with Crippen LogP contribution in [-0.2, 0) is 13.0 Å². The van der Waals surface area contributed by atoms with Crippen LogP contribution in [0.15, 0.2) is 79.4 Å². The predicted molar refractivity (Wildman–Crippen MR) is 163 cm³/mol. The topological polar surface area (TPSA) is 85.3 Å². The van der Waals surface area contributed by atoms with E-state index in [1.165, 1.54) is 0 Å². The maximum Gasteiger partial charge on any atom is 0.416 e. The van der Waals surface area contributed by atoms with E-state index in [4.69, 9.17) is 32.7 Å². The summed E-state index contributed by atoms with van der Waals surface area (Å²) < 4.78 is 13.7. The van der Waals surface area contributed by atoms with Crippen LogP contribution in [-0.4, -0.2) is 43.9 Å². The lowest BCUT2D eigenvalue weighted by Crippen LogP contribution is -2.42. The number of aromatic amines is 1. The third kappa shape index (κ3) is 6.40. The highest BCUT2D eigenvalue weighted by Crippen LogP contribution is 2.40. The molecule has 3 aromatic carbocycles. The molecule has 0 radical (unpaired) electrons. The third-order valence-corrected chi connectivity index (χ3v) is 8.04. The fourth-order valence-electron chi connectivity index (χ4n) is 5.48. The van der Waals surface area contributed by atoms with Gasteiger partial charge in [0.15, 0.2) is 0 Å². The molecule has 6 rings (SSSR count). The Hall–Kier alpha value is -4.01. The van der Waals surface area contributed by atoms with Crippen LogP contribution in [0.2, 0.25) is 10.0 Å². The van der Waals surface area contributed by atoms with E-state index in [2.05, 4.69) is 15.1 Å². The minimum Gasteiger partial charge on any atom is -0.494 e. The summed E-state index contributed by atoms with van der Waals surface area (Å²) in [5.74, 6) is 1.25. The average Bonchev–Trinajstić information content (AvgIpc) is 3.65. The highest BCUT2D eigenvalue weighted by atomic mass is 35.5. The number of aromatic nitrogens is 4. The molecule has 8 nitrogen and oxygen atoms in total. The van der Waals surface area contributed by atoms with Crippen LogP contribution in [0.25, 0.3) is 10.9 Å². The monoisotopic (exact) mass is 603 g/mol. The fourth-order valence-corrected chi connectivity index (χ4v) is 5.78. The van der Waals surface area contributed by atoms with E-state index in [9.17, 15) is 4.79 Å². The highest BCUT2D eigenvalue weighted by molar-refractivity contribution is 6.31. The molecular formula is C32H31Cl2N5O3. The first-order valence-electron chi connectivity index (χ1n) is 14.1. The second-order valence-corrected chi connectivity index (χ2v) is 11.2. The lowest BCUT2D eigenvalue weighted by molar-refractivity contribution is 0.135. The Balaban J connectivity index is 1.15. The van der Waals surface area contributed by atoms with Crippen molar-refractivity contribution < 1.29 is 14.3 Å². The Labute approximate surface area is 254 Å². The molecule has 0 aliphatic carbocycles. The number of carbonyl (C=O) groups excluding carboxylic acids is 1. The van der Waals surface area contributed by atoms with E-state index < -0.39 is 6.09 Å². The summed E-state index contributed by atoms with van der Waals surface area (Å²) in [4.78, 5) is 22.8. The molecule has 0 saturated heterocycles. The predicted octanol–water partition coefficient (Wildman–Crippen LogP) is 7.85. The largest absolute Gasteiger partial charge is 0.494 e. The van der Waals surface area contributed by atoms with Gasteiger partial charge in [-0.1, -0.05) is 41.8 Å².